The van der Waals surface area contributed by atoms with Crippen molar-refractivity contribution in [1.29, 1.82) is 0 Å². The highest BCUT2D eigenvalue weighted by molar-refractivity contribution is 5.68. The molecule has 1 fully saturated rings. The number of hydrogen-bond acceptors (Lipinski definition) is 5. The second-order valence-electron chi connectivity index (χ2n) is 6.54. The van der Waals surface area contributed by atoms with Crippen molar-refractivity contribution in [3.8, 4) is 0 Å². The molecular weight excluding hydrogens is 260 g/mol. The van der Waals surface area contributed by atoms with E-state index in [0.717, 1.165) is 26.2 Å². The van der Waals surface area contributed by atoms with E-state index in [0.29, 0.717) is 6.47 Å². The van der Waals surface area contributed by atoms with E-state index in [-0.39, 0.29) is 17.3 Å². The highest BCUT2D eigenvalue weighted by Gasteiger charge is 2.22. The molecule has 118 valence electrons. The third-order valence-electron chi connectivity index (χ3n) is 2.17. The molecule has 0 unspecified atom stereocenters. The van der Waals surface area contributed by atoms with Gasteiger partial charge in [0.25, 0.3) is 6.47 Å². The second-order valence-corrected chi connectivity index (χ2v) is 6.54. The molecule has 0 aromatic carbocycles. The topological polar surface area (TPSA) is 67.9 Å². The van der Waals surface area contributed by atoms with Crippen LogP contribution in [0, 0.1) is 0 Å². The van der Waals surface area contributed by atoms with Gasteiger partial charge in [0.1, 0.15) is 11.2 Å². The second kappa shape index (κ2) is 8.09. The van der Waals surface area contributed by atoms with Gasteiger partial charge in [-0.2, -0.15) is 0 Å². The Bertz CT molecular complexity index is 299. The minimum atomic E-state index is -0.387. The zero-order valence-electron chi connectivity index (χ0n) is 13.5. The maximum atomic E-state index is 11.5. The summed E-state index contributed by atoms with van der Waals surface area (Å²) < 4.78 is 9.78. The summed E-state index contributed by atoms with van der Waals surface area (Å²) in [6.45, 7) is 14.8. The molecule has 1 amide bonds. The van der Waals surface area contributed by atoms with E-state index in [4.69, 9.17) is 4.74 Å². The van der Waals surface area contributed by atoms with E-state index in [2.05, 4.69) is 10.1 Å². The minimum absolute atomic E-state index is 0.200. The summed E-state index contributed by atoms with van der Waals surface area (Å²) in [4.78, 5) is 22.8. The number of nitrogens with zero attached hydrogens (tertiary/aromatic N) is 1. The molecule has 0 aromatic heterocycles. The summed E-state index contributed by atoms with van der Waals surface area (Å²) in [6, 6.07) is 0. The van der Waals surface area contributed by atoms with Gasteiger partial charge in [0.05, 0.1) is 0 Å². The van der Waals surface area contributed by atoms with Crippen LogP contribution < -0.4 is 5.32 Å². The molecule has 1 N–H and O–H groups in total. The van der Waals surface area contributed by atoms with Gasteiger partial charge in [0.15, 0.2) is 0 Å². The van der Waals surface area contributed by atoms with Gasteiger partial charge in [-0.05, 0) is 41.5 Å². The van der Waals surface area contributed by atoms with Crippen molar-refractivity contribution in [2.75, 3.05) is 26.2 Å². The lowest BCUT2D eigenvalue weighted by atomic mass is 10.2. The average Bonchev–Trinajstić information content (AvgIpc) is 2.27. The van der Waals surface area contributed by atoms with Crippen molar-refractivity contribution >= 4 is 12.6 Å². The van der Waals surface area contributed by atoms with Gasteiger partial charge >= 0.3 is 6.09 Å². The first-order valence-electron chi connectivity index (χ1n) is 6.85. The molecule has 1 aliphatic heterocycles. The van der Waals surface area contributed by atoms with Crippen molar-refractivity contribution in [3.63, 3.8) is 0 Å². The molecule has 1 heterocycles. The van der Waals surface area contributed by atoms with Crippen LogP contribution in [-0.4, -0.2) is 54.8 Å². The van der Waals surface area contributed by atoms with Crippen molar-refractivity contribution in [1.82, 2.24) is 10.2 Å². The number of hydrogen-bond donors (Lipinski definition) is 1. The first-order chi connectivity index (χ1) is 9.05. The maximum Gasteiger partial charge on any atom is 0.410 e. The lowest BCUT2D eigenvalue weighted by molar-refractivity contribution is -0.138. The number of nitrogens with one attached hydrogen (secondary N) is 1. The van der Waals surface area contributed by atoms with Crippen LogP contribution in [0.4, 0.5) is 4.79 Å². The third-order valence-corrected chi connectivity index (χ3v) is 2.17. The average molecular weight is 288 g/mol. The van der Waals surface area contributed by atoms with Crippen LogP contribution in [0.25, 0.3) is 0 Å². The summed E-state index contributed by atoms with van der Waals surface area (Å²) in [6.07, 6.45) is -0.200. The largest absolute Gasteiger partial charge is 0.462 e. The predicted molar refractivity (Wildman–Crippen MR) is 77.6 cm³/mol. The molecule has 1 rings (SSSR count). The molecule has 0 aromatic rings. The number of amides is 1. The zero-order chi connectivity index (χ0) is 15.8. The van der Waals surface area contributed by atoms with E-state index in [1.165, 1.54) is 0 Å². The number of piperazine rings is 1. The van der Waals surface area contributed by atoms with E-state index >= 15 is 0 Å². The molecule has 0 radical (unpaired) electrons. The Morgan fingerprint density at radius 2 is 1.55 bits per heavy atom. The van der Waals surface area contributed by atoms with E-state index < -0.39 is 0 Å². The SMILES string of the molecule is CC(C)(C)OC(=O)N1CCNCC1.CC(C)(C)OC=O. The Balaban J connectivity index is 0.000000441. The van der Waals surface area contributed by atoms with Crippen molar-refractivity contribution < 1.29 is 19.1 Å². The standard InChI is InChI=1S/C9H18N2O2.C5H10O2/c1-9(2,3)13-8(12)11-6-4-10-5-7-11;1-5(2,3)7-4-6/h10H,4-7H2,1-3H3;4H,1-3H3. The summed E-state index contributed by atoms with van der Waals surface area (Å²) in [7, 11) is 0. The monoisotopic (exact) mass is 288 g/mol. The van der Waals surface area contributed by atoms with Crippen LogP contribution >= 0.6 is 0 Å². The molecule has 0 aliphatic carbocycles. The lowest BCUT2D eigenvalue weighted by Crippen LogP contribution is -2.48. The Kier molecular flexibility index (Phi) is 7.57. The van der Waals surface area contributed by atoms with Gasteiger partial charge in [-0.25, -0.2) is 4.79 Å². The Hall–Kier alpha value is -1.30. The fourth-order valence-corrected chi connectivity index (χ4v) is 1.32. The van der Waals surface area contributed by atoms with Crippen LogP contribution in [0.3, 0.4) is 0 Å². The van der Waals surface area contributed by atoms with Crippen molar-refractivity contribution in [3.05, 3.63) is 0 Å². The molecule has 6 nitrogen and oxygen atoms in total. The van der Waals surface area contributed by atoms with E-state index in [9.17, 15) is 9.59 Å². The number of ether oxygens (including phenoxy) is 2. The quantitative estimate of drug-likeness (QED) is 0.745. The third kappa shape index (κ3) is 10.6. The number of carbonyl (C=O) groups excluding carboxylic acids is 2. The van der Waals surface area contributed by atoms with Gasteiger partial charge in [0.2, 0.25) is 0 Å². The van der Waals surface area contributed by atoms with Gasteiger partial charge < -0.3 is 19.7 Å². The molecular formula is C14H28N2O4. The molecule has 6 heteroatoms. The van der Waals surface area contributed by atoms with Crippen LogP contribution in [0.5, 0.6) is 0 Å². The minimum Gasteiger partial charge on any atom is -0.462 e. The zero-order valence-corrected chi connectivity index (χ0v) is 13.5. The molecule has 1 saturated heterocycles. The van der Waals surface area contributed by atoms with Gasteiger partial charge in [-0.1, -0.05) is 0 Å². The molecule has 0 spiro atoms. The first-order valence-corrected chi connectivity index (χ1v) is 6.85. The predicted octanol–water partition coefficient (Wildman–Crippen LogP) is 1.78. The normalized spacial score (nSPS) is 15.8. The fourth-order valence-electron chi connectivity index (χ4n) is 1.32. The van der Waals surface area contributed by atoms with Gasteiger partial charge in [0, 0.05) is 26.2 Å². The van der Waals surface area contributed by atoms with Crippen molar-refractivity contribution in [2.45, 2.75) is 52.7 Å². The van der Waals surface area contributed by atoms with Crippen LogP contribution in [-0.2, 0) is 14.3 Å². The Labute approximate surface area is 121 Å². The van der Waals surface area contributed by atoms with Crippen LogP contribution in [0.2, 0.25) is 0 Å². The molecule has 20 heavy (non-hydrogen) atoms. The highest BCUT2D eigenvalue weighted by atomic mass is 16.6. The summed E-state index contributed by atoms with van der Waals surface area (Å²) >= 11 is 0. The van der Waals surface area contributed by atoms with Crippen molar-refractivity contribution in [2.24, 2.45) is 0 Å². The van der Waals surface area contributed by atoms with E-state index in [1.54, 1.807) is 4.90 Å². The Morgan fingerprint density at radius 1 is 1.05 bits per heavy atom. The maximum absolute atomic E-state index is 11.5. The molecule has 0 saturated carbocycles. The summed E-state index contributed by atoms with van der Waals surface area (Å²) in [5.41, 5.74) is -0.705. The Morgan fingerprint density at radius 3 is 1.85 bits per heavy atom. The molecule has 0 bridgehead atoms. The number of rotatable bonds is 1. The number of carbonyl (C=O) groups is 2. The van der Waals surface area contributed by atoms with E-state index in [1.807, 2.05) is 41.5 Å². The van der Waals surface area contributed by atoms with Crippen LogP contribution in [0.15, 0.2) is 0 Å². The summed E-state index contributed by atoms with van der Waals surface area (Å²) in [5, 5.41) is 3.18. The molecule has 1 aliphatic rings. The van der Waals surface area contributed by atoms with Gasteiger partial charge in [-0.3, -0.25) is 4.79 Å². The summed E-state index contributed by atoms with van der Waals surface area (Å²) in [5.74, 6) is 0. The van der Waals surface area contributed by atoms with Gasteiger partial charge in [-0.15, -0.1) is 0 Å². The molecule has 0 atom stereocenters. The highest BCUT2D eigenvalue weighted by Crippen LogP contribution is 2.10. The smallest absolute Gasteiger partial charge is 0.410 e. The lowest BCUT2D eigenvalue weighted by Gasteiger charge is -2.30. The van der Waals surface area contributed by atoms with Crippen LogP contribution in [0.1, 0.15) is 41.5 Å². The first kappa shape index (κ1) is 18.7. The fraction of sp³-hybridized carbons (Fsp3) is 0.857.